The topological polar surface area (TPSA) is 78.9 Å². The molecule has 0 fully saturated rings. The van der Waals surface area contributed by atoms with Crippen molar-refractivity contribution in [3.05, 3.63) is 0 Å². The van der Waals surface area contributed by atoms with Crippen LogP contribution < -0.4 is 0 Å². The number of hydrogen-bond acceptors (Lipinski definition) is 9. The molecule has 0 spiro atoms. The van der Waals surface area contributed by atoms with E-state index in [-0.39, 0.29) is 0 Å². The van der Waals surface area contributed by atoms with Crippen molar-refractivity contribution in [2.75, 3.05) is 17.3 Å². The zero-order valence-electron chi connectivity index (χ0n) is 17.9. The molecule has 0 aromatic carbocycles. The molecular formula is C19H36O6S3Sn. The second-order valence-corrected chi connectivity index (χ2v) is 14.9. The van der Waals surface area contributed by atoms with Crippen molar-refractivity contribution in [3.63, 3.8) is 0 Å². The molecule has 170 valence electrons. The van der Waals surface area contributed by atoms with Gasteiger partial charge in [-0.25, -0.2) is 0 Å². The van der Waals surface area contributed by atoms with Gasteiger partial charge < -0.3 is 0 Å². The van der Waals surface area contributed by atoms with Gasteiger partial charge in [0.1, 0.15) is 0 Å². The first-order valence-corrected chi connectivity index (χ1v) is 18.5. The number of thiol groups is 3. The summed E-state index contributed by atoms with van der Waals surface area (Å²) in [7, 11) is 0. The standard InChI is InChI=1S/3C6H12O2S.CH3.Sn/c3*1-2-3-5(4-9)6(7)8;;/h3*5,9H,2-4H2,1H3,(H,7,8);1H3;/q;;;;+3/p-3. The Hall–Kier alpha value is 0.259. The van der Waals surface area contributed by atoms with E-state index in [0.29, 0.717) is 36.5 Å². The Kier molecular flexibility index (Phi) is 16.1. The van der Waals surface area contributed by atoms with Gasteiger partial charge in [-0.2, -0.15) is 0 Å². The molecular weight excluding hydrogens is 539 g/mol. The van der Waals surface area contributed by atoms with Gasteiger partial charge in [0.2, 0.25) is 0 Å². The van der Waals surface area contributed by atoms with Crippen LogP contribution in [0.3, 0.4) is 0 Å². The Balaban J connectivity index is 5.57. The van der Waals surface area contributed by atoms with Crippen LogP contribution in [0.1, 0.15) is 59.3 Å². The normalized spacial score (nSPS) is 16.2. The van der Waals surface area contributed by atoms with Crippen molar-refractivity contribution in [2.45, 2.75) is 64.2 Å². The monoisotopic (exact) mass is 576 g/mol. The van der Waals surface area contributed by atoms with Crippen LogP contribution in [0.15, 0.2) is 0 Å². The number of carbonyl (C=O) groups is 3. The summed E-state index contributed by atoms with van der Waals surface area (Å²) < 4.78 is 16.9. The SMILES string of the molecule is CCCC(CS)C(=O)[O][Sn]([CH3])([O]C(=O)C(CS)CCC)[O]C(=O)C(CS)CCC. The molecule has 0 bridgehead atoms. The summed E-state index contributed by atoms with van der Waals surface area (Å²) in [5.74, 6) is -2.00. The fourth-order valence-electron chi connectivity index (χ4n) is 2.76. The fraction of sp³-hybridized carbons (Fsp3) is 0.842. The Morgan fingerprint density at radius 3 is 1.07 bits per heavy atom. The van der Waals surface area contributed by atoms with E-state index in [4.69, 9.17) is 9.22 Å². The third-order valence-corrected chi connectivity index (χ3v) is 10.7. The van der Waals surface area contributed by atoms with E-state index in [9.17, 15) is 14.4 Å². The summed E-state index contributed by atoms with van der Waals surface area (Å²) in [6, 6.07) is 0. The van der Waals surface area contributed by atoms with E-state index in [2.05, 4.69) is 37.9 Å². The first-order valence-electron chi connectivity index (χ1n) is 10.2. The van der Waals surface area contributed by atoms with Gasteiger partial charge >= 0.3 is 198 Å². The second-order valence-electron chi connectivity index (χ2n) is 7.13. The van der Waals surface area contributed by atoms with Gasteiger partial charge in [0.05, 0.1) is 0 Å². The van der Waals surface area contributed by atoms with Crippen molar-refractivity contribution in [3.8, 4) is 0 Å². The molecule has 0 saturated heterocycles. The molecule has 0 heterocycles. The van der Waals surface area contributed by atoms with Gasteiger partial charge in [0.15, 0.2) is 0 Å². The van der Waals surface area contributed by atoms with Crippen LogP contribution in [0.4, 0.5) is 0 Å². The first kappa shape index (κ1) is 29.3. The van der Waals surface area contributed by atoms with E-state index < -0.39 is 55.3 Å². The van der Waals surface area contributed by atoms with E-state index in [1.807, 2.05) is 20.8 Å². The van der Waals surface area contributed by atoms with E-state index in [0.717, 1.165) is 19.3 Å². The van der Waals surface area contributed by atoms with Gasteiger partial charge in [0.25, 0.3) is 0 Å². The fourth-order valence-corrected chi connectivity index (χ4v) is 8.66. The number of hydrogen-bond donors (Lipinski definition) is 3. The third kappa shape index (κ3) is 10.9. The average molecular weight is 575 g/mol. The molecule has 0 aliphatic rings. The van der Waals surface area contributed by atoms with Crippen LogP contribution in [0.5, 0.6) is 0 Å². The molecule has 0 radical (unpaired) electrons. The van der Waals surface area contributed by atoms with Crippen LogP contribution in [-0.2, 0) is 23.6 Å². The minimum atomic E-state index is -4.82. The molecule has 0 amide bonds. The van der Waals surface area contributed by atoms with Crippen LogP contribution >= 0.6 is 37.9 Å². The van der Waals surface area contributed by atoms with Crippen LogP contribution in [0.25, 0.3) is 0 Å². The van der Waals surface area contributed by atoms with Crippen molar-refractivity contribution in [1.82, 2.24) is 0 Å². The molecule has 3 unspecified atom stereocenters. The molecule has 0 aliphatic heterocycles. The van der Waals surface area contributed by atoms with Crippen molar-refractivity contribution in [1.29, 1.82) is 0 Å². The first-order chi connectivity index (χ1) is 13.7. The van der Waals surface area contributed by atoms with Gasteiger partial charge in [-0.15, -0.1) is 0 Å². The predicted molar refractivity (Wildman–Crippen MR) is 127 cm³/mol. The summed E-state index contributed by atoms with van der Waals surface area (Å²) in [4.78, 5) is 39.4. The van der Waals surface area contributed by atoms with Crippen LogP contribution in [-0.4, -0.2) is 54.8 Å². The van der Waals surface area contributed by atoms with Gasteiger partial charge in [-0.05, 0) is 0 Å². The zero-order chi connectivity index (χ0) is 22.4. The summed E-state index contributed by atoms with van der Waals surface area (Å²) >= 11 is 7.83. The maximum atomic E-state index is 12.6. The minimum absolute atomic E-state index is 0.306. The summed E-state index contributed by atoms with van der Waals surface area (Å²) in [6.45, 7) is 5.86. The Morgan fingerprint density at radius 1 is 0.655 bits per heavy atom. The number of carbonyl (C=O) groups excluding carboxylic acids is 3. The van der Waals surface area contributed by atoms with E-state index in [1.165, 1.54) is 4.94 Å². The van der Waals surface area contributed by atoms with E-state index in [1.54, 1.807) is 0 Å². The molecule has 0 aliphatic carbocycles. The van der Waals surface area contributed by atoms with Gasteiger partial charge in [-0.3, -0.25) is 0 Å². The van der Waals surface area contributed by atoms with Crippen molar-refractivity contribution in [2.24, 2.45) is 17.8 Å². The average Bonchev–Trinajstić information content (AvgIpc) is 2.67. The Bertz CT molecular complexity index is 451. The van der Waals surface area contributed by atoms with Crippen LogP contribution in [0, 0.1) is 17.8 Å². The summed E-state index contributed by atoms with van der Waals surface area (Å²) in [5, 5.41) is 0. The van der Waals surface area contributed by atoms with E-state index >= 15 is 0 Å². The maximum absolute atomic E-state index is 12.6. The van der Waals surface area contributed by atoms with Gasteiger partial charge in [-0.1, -0.05) is 0 Å². The quantitative estimate of drug-likeness (QED) is 0.201. The Labute approximate surface area is 197 Å². The molecule has 29 heavy (non-hydrogen) atoms. The second kappa shape index (κ2) is 16.0. The molecule has 0 rings (SSSR count). The van der Waals surface area contributed by atoms with Crippen LogP contribution in [0.2, 0.25) is 4.94 Å². The molecule has 0 N–H and O–H groups in total. The molecule has 0 aromatic heterocycles. The predicted octanol–water partition coefficient (Wildman–Crippen LogP) is 4.22. The Morgan fingerprint density at radius 2 is 0.897 bits per heavy atom. The summed E-state index contributed by atoms with van der Waals surface area (Å²) in [6.07, 6.45) is 4.12. The molecule has 10 heteroatoms. The molecule has 0 saturated carbocycles. The van der Waals surface area contributed by atoms with Gasteiger partial charge in [0, 0.05) is 0 Å². The third-order valence-electron chi connectivity index (χ3n) is 4.43. The number of rotatable bonds is 15. The van der Waals surface area contributed by atoms with Crippen molar-refractivity contribution >= 4 is 75.4 Å². The molecule has 6 nitrogen and oxygen atoms in total. The molecule has 0 aromatic rings. The zero-order valence-corrected chi connectivity index (χ0v) is 23.4. The van der Waals surface area contributed by atoms with Crippen molar-refractivity contribution < 1.29 is 23.6 Å². The summed E-state index contributed by atoms with van der Waals surface area (Å²) in [5.41, 5.74) is 0. The molecule has 3 atom stereocenters.